The van der Waals surface area contributed by atoms with E-state index in [9.17, 15) is 9.90 Å². The van der Waals surface area contributed by atoms with Gasteiger partial charge in [-0.25, -0.2) is 4.98 Å². The quantitative estimate of drug-likeness (QED) is 0.352. The highest BCUT2D eigenvalue weighted by atomic mass is 16.5. The minimum absolute atomic E-state index is 0.00871. The van der Waals surface area contributed by atoms with E-state index in [1.807, 2.05) is 43.5 Å². The lowest BCUT2D eigenvalue weighted by atomic mass is 10.0. The predicted molar refractivity (Wildman–Crippen MR) is 147 cm³/mol. The van der Waals surface area contributed by atoms with E-state index < -0.39 is 0 Å². The van der Waals surface area contributed by atoms with Gasteiger partial charge in [-0.2, -0.15) is 5.10 Å². The average Bonchev–Trinajstić information content (AvgIpc) is 3.62. The molecule has 2 fully saturated rings. The summed E-state index contributed by atoms with van der Waals surface area (Å²) in [5, 5.41) is 21.2. The Kier molecular flexibility index (Phi) is 6.70. The van der Waals surface area contributed by atoms with E-state index in [0.717, 1.165) is 80.1 Å². The first-order valence-corrected chi connectivity index (χ1v) is 13.2. The Morgan fingerprint density at radius 1 is 1.13 bits per heavy atom. The molecule has 2 aliphatic rings. The summed E-state index contributed by atoms with van der Waals surface area (Å²) >= 11 is 0. The summed E-state index contributed by atoms with van der Waals surface area (Å²) in [6, 6.07) is 15.6. The van der Waals surface area contributed by atoms with Gasteiger partial charge in [0.1, 0.15) is 0 Å². The molecule has 2 aromatic heterocycles. The number of aromatic hydroxyl groups is 1. The molecule has 2 aromatic carbocycles. The standard InChI is InChI=1S/C29H32N6O3/c1-19-15-28(36)32-24-6-5-21(17-22(19)24)31-29(37)23-16-20(18-34-11-13-38-14-12-34)4-7-26(23)35-10-2-3-27(35)25-8-9-30-33-25/h4-9,15-17,27H,2-3,10-14,18H2,1H3,(H,30,33)(H,31,37)(H,32,36). The van der Waals surface area contributed by atoms with Crippen LogP contribution in [-0.2, 0) is 11.3 Å². The number of carbonyl (C=O) groups excluding carboxylic acids is 1. The number of ether oxygens (including phenoxy) is 1. The summed E-state index contributed by atoms with van der Waals surface area (Å²) < 4.78 is 5.51. The summed E-state index contributed by atoms with van der Waals surface area (Å²) in [4.78, 5) is 22.7. The van der Waals surface area contributed by atoms with Crippen molar-refractivity contribution in [1.29, 1.82) is 0 Å². The largest absolute Gasteiger partial charge is 0.493 e. The Bertz CT molecular complexity index is 1450. The highest BCUT2D eigenvalue weighted by Crippen LogP contribution is 2.38. The zero-order valence-corrected chi connectivity index (χ0v) is 21.5. The van der Waals surface area contributed by atoms with Gasteiger partial charge in [0.05, 0.1) is 41.7 Å². The minimum atomic E-state index is -0.153. The van der Waals surface area contributed by atoms with Crippen LogP contribution in [0.1, 0.15) is 46.1 Å². The summed E-state index contributed by atoms with van der Waals surface area (Å²) in [7, 11) is 0. The Balaban J connectivity index is 1.34. The molecular weight excluding hydrogens is 480 g/mol. The van der Waals surface area contributed by atoms with Gasteiger partial charge >= 0.3 is 0 Å². The van der Waals surface area contributed by atoms with Crippen molar-refractivity contribution in [3.05, 3.63) is 77.1 Å². The van der Waals surface area contributed by atoms with Crippen molar-refractivity contribution in [2.45, 2.75) is 32.4 Å². The van der Waals surface area contributed by atoms with Crippen LogP contribution in [0.4, 0.5) is 11.4 Å². The lowest BCUT2D eigenvalue weighted by Gasteiger charge is -2.29. The average molecular weight is 513 g/mol. The van der Waals surface area contributed by atoms with Crippen LogP contribution >= 0.6 is 0 Å². The summed E-state index contributed by atoms with van der Waals surface area (Å²) in [5.74, 6) is -0.161. The molecule has 38 heavy (non-hydrogen) atoms. The molecule has 1 unspecified atom stereocenters. The predicted octanol–water partition coefficient (Wildman–Crippen LogP) is 4.40. The summed E-state index contributed by atoms with van der Waals surface area (Å²) in [6.45, 7) is 6.80. The van der Waals surface area contributed by atoms with Gasteiger partial charge in [0.15, 0.2) is 0 Å². The normalized spacial score (nSPS) is 18.2. The maximum atomic E-state index is 13.9. The van der Waals surface area contributed by atoms with E-state index in [1.165, 1.54) is 0 Å². The first-order valence-electron chi connectivity index (χ1n) is 13.2. The molecule has 4 aromatic rings. The van der Waals surface area contributed by atoms with Gasteiger partial charge in [-0.05, 0) is 67.3 Å². The van der Waals surface area contributed by atoms with Gasteiger partial charge in [0, 0.05) is 49.5 Å². The van der Waals surface area contributed by atoms with Gasteiger partial charge < -0.3 is 20.1 Å². The second-order valence-electron chi connectivity index (χ2n) is 10.1. The molecule has 0 spiro atoms. The Hall–Kier alpha value is -3.95. The van der Waals surface area contributed by atoms with Gasteiger partial charge in [-0.3, -0.25) is 14.8 Å². The maximum Gasteiger partial charge on any atom is 0.257 e. The number of hydrogen-bond donors (Lipinski definition) is 3. The second kappa shape index (κ2) is 10.4. The molecule has 6 rings (SSSR count). The third kappa shape index (κ3) is 4.94. The highest BCUT2D eigenvalue weighted by molar-refractivity contribution is 6.09. The number of amides is 1. The fourth-order valence-electron chi connectivity index (χ4n) is 5.60. The molecule has 3 N–H and O–H groups in total. The van der Waals surface area contributed by atoms with Crippen molar-refractivity contribution < 1.29 is 14.6 Å². The van der Waals surface area contributed by atoms with Crippen LogP contribution in [-0.4, -0.2) is 63.9 Å². The van der Waals surface area contributed by atoms with Crippen molar-refractivity contribution in [3.8, 4) is 5.88 Å². The lowest BCUT2D eigenvalue weighted by Crippen LogP contribution is -2.35. The van der Waals surface area contributed by atoms with Crippen LogP contribution in [0.3, 0.4) is 0 Å². The van der Waals surface area contributed by atoms with Gasteiger partial charge in [0.2, 0.25) is 5.88 Å². The van der Waals surface area contributed by atoms with Crippen molar-refractivity contribution in [2.24, 2.45) is 0 Å². The molecule has 4 heterocycles. The fraction of sp³-hybridized carbons (Fsp3) is 0.345. The topological polar surface area (TPSA) is 107 Å². The zero-order chi connectivity index (χ0) is 26.1. The lowest BCUT2D eigenvalue weighted by molar-refractivity contribution is 0.0342. The molecule has 9 heteroatoms. The van der Waals surface area contributed by atoms with E-state index >= 15 is 0 Å². The number of aromatic nitrogens is 3. The number of H-pyrrole nitrogens is 1. The first-order chi connectivity index (χ1) is 18.5. The third-order valence-electron chi connectivity index (χ3n) is 7.50. The van der Waals surface area contributed by atoms with E-state index in [1.54, 1.807) is 6.07 Å². The minimum Gasteiger partial charge on any atom is -0.493 e. The van der Waals surface area contributed by atoms with Crippen molar-refractivity contribution in [3.63, 3.8) is 0 Å². The van der Waals surface area contributed by atoms with Crippen LogP contribution in [0, 0.1) is 6.92 Å². The van der Waals surface area contributed by atoms with E-state index in [4.69, 9.17) is 4.74 Å². The molecule has 196 valence electrons. The number of aryl methyl sites for hydroxylation is 1. The number of morpholine rings is 1. The third-order valence-corrected chi connectivity index (χ3v) is 7.50. The monoisotopic (exact) mass is 512 g/mol. The van der Waals surface area contributed by atoms with Crippen LogP contribution < -0.4 is 10.2 Å². The smallest absolute Gasteiger partial charge is 0.257 e. The van der Waals surface area contributed by atoms with E-state index in [2.05, 4.69) is 42.4 Å². The number of carbonyl (C=O) groups is 1. The SMILES string of the molecule is Cc1cc(O)nc2ccc(NC(=O)c3cc(CN4CCOCC4)ccc3N3CCCC3c3cc[nH]n3)cc12. The zero-order valence-electron chi connectivity index (χ0n) is 21.5. The number of hydrogen-bond acceptors (Lipinski definition) is 7. The van der Waals surface area contributed by atoms with Gasteiger partial charge in [-0.15, -0.1) is 0 Å². The molecule has 2 aliphatic heterocycles. The molecular formula is C29H32N6O3. The van der Waals surface area contributed by atoms with Crippen LogP contribution in [0.2, 0.25) is 0 Å². The number of fused-ring (bicyclic) bond motifs is 1. The molecule has 0 bridgehead atoms. The van der Waals surface area contributed by atoms with E-state index in [0.29, 0.717) is 16.8 Å². The number of nitrogens with one attached hydrogen (secondary N) is 2. The number of pyridine rings is 1. The van der Waals surface area contributed by atoms with Crippen molar-refractivity contribution in [1.82, 2.24) is 20.1 Å². The molecule has 1 atom stereocenters. The van der Waals surface area contributed by atoms with E-state index in [-0.39, 0.29) is 17.8 Å². The Morgan fingerprint density at radius 3 is 2.82 bits per heavy atom. The number of aromatic amines is 1. The maximum absolute atomic E-state index is 13.9. The second-order valence-corrected chi connectivity index (χ2v) is 10.1. The molecule has 1 amide bonds. The van der Waals surface area contributed by atoms with Crippen LogP contribution in [0.25, 0.3) is 10.9 Å². The van der Waals surface area contributed by atoms with Gasteiger partial charge in [0.25, 0.3) is 5.91 Å². The van der Waals surface area contributed by atoms with Crippen molar-refractivity contribution in [2.75, 3.05) is 43.1 Å². The number of benzene rings is 2. The molecule has 0 saturated carbocycles. The highest BCUT2D eigenvalue weighted by Gasteiger charge is 2.30. The molecule has 9 nitrogen and oxygen atoms in total. The van der Waals surface area contributed by atoms with Crippen molar-refractivity contribution >= 4 is 28.2 Å². The summed E-state index contributed by atoms with van der Waals surface area (Å²) in [5.41, 5.74) is 5.94. The molecule has 2 saturated heterocycles. The van der Waals surface area contributed by atoms with Crippen LogP contribution in [0.5, 0.6) is 5.88 Å². The first kappa shape index (κ1) is 24.4. The van der Waals surface area contributed by atoms with Crippen LogP contribution in [0.15, 0.2) is 54.7 Å². The Morgan fingerprint density at radius 2 is 2.00 bits per heavy atom. The number of nitrogens with zero attached hydrogens (tertiary/aromatic N) is 4. The Labute approximate surface area is 221 Å². The molecule has 0 aliphatic carbocycles. The molecule has 0 radical (unpaired) electrons. The number of anilines is 2. The van der Waals surface area contributed by atoms with Gasteiger partial charge in [-0.1, -0.05) is 6.07 Å². The number of rotatable bonds is 6. The fourth-order valence-corrected chi connectivity index (χ4v) is 5.60. The summed E-state index contributed by atoms with van der Waals surface area (Å²) in [6.07, 6.45) is 3.88.